The lowest BCUT2D eigenvalue weighted by Crippen LogP contribution is -2.21. The molecule has 0 saturated heterocycles. The third-order valence-corrected chi connectivity index (χ3v) is 2.88. The van der Waals surface area contributed by atoms with Crippen LogP contribution in [0.25, 0.3) is 11.3 Å². The van der Waals surface area contributed by atoms with Crippen molar-refractivity contribution in [2.45, 2.75) is 13.0 Å². The van der Waals surface area contributed by atoms with Gasteiger partial charge in [0, 0.05) is 19.0 Å². The number of rotatable bonds is 7. The monoisotopic (exact) mass is 289 g/mol. The molecule has 0 bridgehead atoms. The van der Waals surface area contributed by atoms with Crippen molar-refractivity contribution < 1.29 is 14.1 Å². The van der Waals surface area contributed by atoms with Gasteiger partial charge in [-0.05, 0) is 18.2 Å². The predicted molar refractivity (Wildman–Crippen MR) is 76.3 cm³/mol. The number of nitrogens with two attached hydrogens (primary N) is 1. The Bertz CT molecular complexity index is 651. The number of benzene rings is 1. The van der Waals surface area contributed by atoms with E-state index in [4.69, 9.17) is 10.2 Å². The number of para-hydroxylation sites is 1. The molecule has 0 fully saturated rings. The van der Waals surface area contributed by atoms with Gasteiger partial charge in [-0.25, -0.2) is 0 Å². The van der Waals surface area contributed by atoms with E-state index in [-0.39, 0.29) is 18.0 Å². The van der Waals surface area contributed by atoms with E-state index in [0.717, 1.165) is 0 Å². The fourth-order valence-electron chi connectivity index (χ4n) is 1.88. The van der Waals surface area contributed by atoms with Crippen molar-refractivity contribution in [1.29, 1.82) is 0 Å². The number of nitrogens with zero attached hydrogens (tertiary/aromatic N) is 1. The average molecular weight is 289 g/mol. The van der Waals surface area contributed by atoms with Crippen LogP contribution in [0.1, 0.15) is 12.2 Å². The van der Waals surface area contributed by atoms with Crippen LogP contribution >= 0.6 is 0 Å². The van der Waals surface area contributed by atoms with Gasteiger partial charge in [0.15, 0.2) is 0 Å². The molecule has 7 heteroatoms. The first-order valence-electron chi connectivity index (χ1n) is 6.39. The normalized spacial score (nSPS) is 10.5. The van der Waals surface area contributed by atoms with Crippen LogP contribution in [-0.2, 0) is 11.3 Å². The molecule has 0 aliphatic carbocycles. The van der Waals surface area contributed by atoms with Gasteiger partial charge in [-0.1, -0.05) is 12.1 Å². The van der Waals surface area contributed by atoms with Gasteiger partial charge in [-0.15, -0.1) is 0 Å². The van der Waals surface area contributed by atoms with Crippen LogP contribution in [-0.4, -0.2) is 17.4 Å². The largest absolute Gasteiger partial charge is 0.459 e. The third kappa shape index (κ3) is 3.90. The topological polar surface area (TPSA) is 111 Å². The van der Waals surface area contributed by atoms with Crippen molar-refractivity contribution in [1.82, 2.24) is 5.32 Å². The lowest BCUT2D eigenvalue weighted by atomic mass is 10.1. The molecule has 1 amide bonds. The molecule has 2 rings (SSSR count). The highest BCUT2D eigenvalue weighted by molar-refractivity contribution is 5.73. The number of nitro benzene ring substituents is 1. The molecule has 21 heavy (non-hydrogen) atoms. The summed E-state index contributed by atoms with van der Waals surface area (Å²) < 4.78 is 5.58. The summed E-state index contributed by atoms with van der Waals surface area (Å²) in [6.07, 6.45) is 0.248. The van der Waals surface area contributed by atoms with E-state index in [1.54, 1.807) is 30.3 Å². The van der Waals surface area contributed by atoms with Crippen LogP contribution in [0.2, 0.25) is 0 Å². The second kappa shape index (κ2) is 6.67. The maximum atomic E-state index is 11.0. The minimum absolute atomic E-state index is 0.0000811. The van der Waals surface area contributed by atoms with Gasteiger partial charge < -0.3 is 15.5 Å². The lowest BCUT2D eigenvalue weighted by molar-refractivity contribution is -0.384. The second-order valence-electron chi connectivity index (χ2n) is 4.43. The second-order valence-corrected chi connectivity index (χ2v) is 4.43. The Morgan fingerprint density at radius 3 is 2.76 bits per heavy atom. The Labute approximate surface area is 120 Å². The number of furan rings is 1. The number of hydrogen-bond donors (Lipinski definition) is 2. The molecule has 3 N–H and O–H groups in total. The van der Waals surface area contributed by atoms with Crippen LogP contribution in [0.3, 0.4) is 0 Å². The van der Waals surface area contributed by atoms with Crippen LogP contribution in [0, 0.1) is 10.1 Å². The predicted octanol–water partition coefficient (Wildman–Crippen LogP) is 1.82. The third-order valence-electron chi connectivity index (χ3n) is 2.88. The number of carbonyl (C=O) groups excluding carboxylic acids is 1. The summed E-state index contributed by atoms with van der Waals surface area (Å²) in [7, 11) is 0. The summed E-state index contributed by atoms with van der Waals surface area (Å²) in [5.74, 6) is 0.698. The molecule has 0 aliphatic rings. The highest BCUT2D eigenvalue weighted by Gasteiger charge is 2.16. The van der Waals surface area contributed by atoms with Crippen molar-refractivity contribution in [2.75, 3.05) is 6.54 Å². The Morgan fingerprint density at radius 1 is 1.29 bits per heavy atom. The summed E-state index contributed by atoms with van der Waals surface area (Å²) in [4.78, 5) is 21.1. The molecule has 1 heterocycles. The number of carbonyl (C=O) groups is 1. The van der Waals surface area contributed by atoms with E-state index >= 15 is 0 Å². The maximum Gasteiger partial charge on any atom is 0.280 e. The van der Waals surface area contributed by atoms with Gasteiger partial charge >= 0.3 is 0 Å². The molecule has 1 aromatic carbocycles. The van der Waals surface area contributed by atoms with Gasteiger partial charge in [0.25, 0.3) is 5.69 Å². The summed E-state index contributed by atoms with van der Waals surface area (Å²) >= 11 is 0. The Hall–Kier alpha value is -2.67. The minimum atomic E-state index is -0.442. The first kappa shape index (κ1) is 14.7. The van der Waals surface area contributed by atoms with Crippen molar-refractivity contribution >= 4 is 11.6 Å². The molecule has 0 saturated carbocycles. The van der Waals surface area contributed by atoms with Gasteiger partial charge in [0.1, 0.15) is 11.5 Å². The van der Waals surface area contributed by atoms with Gasteiger partial charge in [-0.2, -0.15) is 0 Å². The van der Waals surface area contributed by atoms with Crippen LogP contribution in [0.15, 0.2) is 40.8 Å². The van der Waals surface area contributed by atoms with E-state index < -0.39 is 4.92 Å². The van der Waals surface area contributed by atoms with Gasteiger partial charge in [-0.3, -0.25) is 14.9 Å². The Morgan fingerprint density at radius 2 is 2.05 bits per heavy atom. The summed E-state index contributed by atoms with van der Waals surface area (Å²) in [5, 5.41) is 14.0. The number of primary amides is 1. The van der Waals surface area contributed by atoms with E-state index in [1.807, 2.05) is 0 Å². The van der Waals surface area contributed by atoms with Crippen molar-refractivity contribution in [3.63, 3.8) is 0 Å². The number of hydrogen-bond acceptors (Lipinski definition) is 5. The van der Waals surface area contributed by atoms with Crippen LogP contribution in [0.5, 0.6) is 0 Å². The van der Waals surface area contributed by atoms with Crippen molar-refractivity contribution in [3.8, 4) is 11.3 Å². The summed E-state index contributed by atoms with van der Waals surface area (Å²) in [6, 6.07) is 9.83. The molecule has 0 atom stereocenters. The molecule has 0 spiro atoms. The first-order valence-corrected chi connectivity index (χ1v) is 6.39. The van der Waals surface area contributed by atoms with E-state index in [2.05, 4.69) is 5.32 Å². The Balaban J connectivity index is 2.06. The Kier molecular flexibility index (Phi) is 4.68. The van der Waals surface area contributed by atoms with E-state index in [1.165, 1.54) is 6.07 Å². The summed E-state index contributed by atoms with van der Waals surface area (Å²) in [6.45, 7) is 0.880. The van der Waals surface area contributed by atoms with Crippen molar-refractivity contribution in [3.05, 3.63) is 52.3 Å². The summed E-state index contributed by atoms with van der Waals surface area (Å²) in [5.41, 5.74) is 5.47. The number of amides is 1. The zero-order chi connectivity index (χ0) is 15.2. The molecule has 1 aromatic heterocycles. The zero-order valence-electron chi connectivity index (χ0n) is 11.2. The molecule has 0 unspecified atom stereocenters. The van der Waals surface area contributed by atoms with Gasteiger partial charge in [0.2, 0.25) is 5.91 Å². The minimum Gasteiger partial charge on any atom is -0.459 e. The molecular weight excluding hydrogens is 274 g/mol. The van der Waals surface area contributed by atoms with Gasteiger partial charge in [0.05, 0.1) is 17.0 Å². The molecule has 2 aromatic rings. The van der Waals surface area contributed by atoms with Crippen molar-refractivity contribution in [2.24, 2.45) is 5.73 Å². The highest BCUT2D eigenvalue weighted by atomic mass is 16.6. The molecule has 7 nitrogen and oxygen atoms in total. The average Bonchev–Trinajstić information content (AvgIpc) is 2.92. The quantitative estimate of drug-likeness (QED) is 0.458. The van der Waals surface area contributed by atoms with Crippen LogP contribution < -0.4 is 11.1 Å². The smallest absolute Gasteiger partial charge is 0.280 e. The first-order chi connectivity index (χ1) is 10.1. The fraction of sp³-hybridized carbons (Fsp3) is 0.214. The molecule has 110 valence electrons. The SMILES string of the molecule is NC(=O)CCNCc1ccc(-c2ccccc2[N+](=O)[O-])o1. The standard InChI is InChI=1S/C14H15N3O4/c15-14(18)7-8-16-9-10-5-6-13(21-10)11-3-1-2-4-12(11)17(19)20/h1-6,16H,7-9H2,(H2,15,18). The molecular formula is C14H15N3O4. The molecule has 0 radical (unpaired) electrons. The fourth-order valence-corrected chi connectivity index (χ4v) is 1.88. The number of nitrogens with one attached hydrogen (secondary N) is 1. The zero-order valence-corrected chi connectivity index (χ0v) is 11.2. The highest BCUT2D eigenvalue weighted by Crippen LogP contribution is 2.30. The lowest BCUT2D eigenvalue weighted by Gasteiger charge is -2.01. The van der Waals surface area contributed by atoms with E-state index in [0.29, 0.717) is 30.2 Å². The van der Waals surface area contributed by atoms with Crippen LogP contribution in [0.4, 0.5) is 5.69 Å². The molecule has 0 aliphatic heterocycles. The van der Waals surface area contributed by atoms with E-state index in [9.17, 15) is 14.9 Å². The number of nitro groups is 1. The maximum absolute atomic E-state index is 11.0.